The minimum absolute atomic E-state index is 0.249. The molecule has 86 valence electrons. The summed E-state index contributed by atoms with van der Waals surface area (Å²) in [5.41, 5.74) is 0. The van der Waals surface area contributed by atoms with Crippen molar-refractivity contribution in [3.8, 4) is 0 Å². The highest BCUT2D eigenvalue weighted by Gasteiger charge is 2.11. The summed E-state index contributed by atoms with van der Waals surface area (Å²) in [5.74, 6) is 0. The molecule has 14 heavy (non-hydrogen) atoms. The maximum atomic E-state index is 9.06. The van der Waals surface area contributed by atoms with E-state index < -0.39 is 0 Å². The van der Waals surface area contributed by atoms with E-state index in [9.17, 15) is 0 Å². The van der Waals surface area contributed by atoms with Crippen molar-refractivity contribution < 1.29 is 5.11 Å². The molecule has 0 aliphatic carbocycles. The van der Waals surface area contributed by atoms with Crippen molar-refractivity contribution in [2.24, 2.45) is 0 Å². The molecule has 0 aliphatic rings. The molecule has 0 aromatic rings. The molecule has 0 saturated heterocycles. The highest BCUT2D eigenvalue weighted by atomic mass is 16.3. The van der Waals surface area contributed by atoms with Crippen LogP contribution < -0.4 is 5.32 Å². The number of hydrogen-bond donors (Lipinski definition) is 2. The van der Waals surface area contributed by atoms with Crippen molar-refractivity contribution >= 4 is 0 Å². The molecule has 0 aliphatic heterocycles. The predicted molar refractivity (Wildman–Crippen MR) is 61.5 cm³/mol. The second-order valence-electron chi connectivity index (χ2n) is 4.48. The molecule has 0 radical (unpaired) electrons. The van der Waals surface area contributed by atoms with Gasteiger partial charge in [-0.05, 0) is 34.6 Å². The third kappa shape index (κ3) is 6.35. The van der Waals surface area contributed by atoms with Crippen LogP contribution in [0.1, 0.15) is 34.6 Å². The van der Waals surface area contributed by atoms with Gasteiger partial charge >= 0.3 is 0 Å². The largest absolute Gasteiger partial charge is 0.392 e. The molecule has 0 fully saturated rings. The Hall–Kier alpha value is -0.120. The van der Waals surface area contributed by atoms with Crippen LogP contribution in [-0.4, -0.2) is 47.8 Å². The van der Waals surface area contributed by atoms with Crippen LogP contribution in [-0.2, 0) is 0 Å². The van der Waals surface area contributed by atoms with E-state index in [1.54, 1.807) is 6.92 Å². The van der Waals surface area contributed by atoms with Gasteiger partial charge in [0.25, 0.3) is 0 Å². The van der Waals surface area contributed by atoms with Crippen LogP contribution in [0.25, 0.3) is 0 Å². The summed E-state index contributed by atoms with van der Waals surface area (Å²) in [6.07, 6.45) is -0.249. The molecule has 0 unspecified atom stereocenters. The van der Waals surface area contributed by atoms with Gasteiger partial charge in [-0.1, -0.05) is 0 Å². The second kappa shape index (κ2) is 7.21. The normalized spacial score (nSPS) is 14.4. The van der Waals surface area contributed by atoms with E-state index in [4.69, 9.17) is 5.11 Å². The van der Waals surface area contributed by atoms with Gasteiger partial charge in [-0.15, -0.1) is 0 Å². The number of hydrogen-bond acceptors (Lipinski definition) is 3. The van der Waals surface area contributed by atoms with Crippen LogP contribution in [0.3, 0.4) is 0 Å². The molecule has 3 nitrogen and oxygen atoms in total. The molecule has 0 bridgehead atoms. The van der Waals surface area contributed by atoms with E-state index in [1.165, 1.54) is 0 Å². The quantitative estimate of drug-likeness (QED) is 0.606. The third-order valence-corrected chi connectivity index (χ3v) is 2.31. The highest BCUT2D eigenvalue weighted by Crippen LogP contribution is 2.02. The zero-order chi connectivity index (χ0) is 11.1. The van der Waals surface area contributed by atoms with Gasteiger partial charge in [0.2, 0.25) is 0 Å². The Bertz CT molecular complexity index is 127. The van der Waals surface area contributed by atoms with Crippen molar-refractivity contribution in [2.45, 2.75) is 52.8 Å². The molecule has 0 saturated carbocycles. The first-order valence-corrected chi connectivity index (χ1v) is 5.59. The fraction of sp³-hybridized carbons (Fsp3) is 1.00. The summed E-state index contributed by atoms with van der Waals surface area (Å²) >= 11 is 0. The zero-order valence-corrected chi connectivity index (χ0v) is 10.2. The molecule has 0 rings (SSSR count). The van der Waals surface area contributed by atoms with E-state index >= 15 is 0 Å². The molecule has 0 spiro atoms. The third-order valence-electron chi connectivity index (χ3n) is 2.31. The Labute approximate surface area is 88.5 Å². The van der Waals surface area contributed by atoms with E-state index in [1.807, 2.05) is 0 Å². The molecule has 0 aromatic heterocycles. The van der Waals surface area contributed by atoms with E-state index in [0.717, 1.165) is 13.1 Å². The van der Waals surface area contributed by atoms with Crippen LogP contribution in [0, 0.1) is 0 Å². The lowest BCUT2D eigenvalue weighted by atomic mass is 10.2. The van der Waals surface area contributed by atoms with E-state index in [0.29, 0.717) is 18.6 Å². The summed E-state index contributed by atoms with van der Waals surface area (Å²) in [4.78, 5) is 2.44. The minimum atomic E-state index is -0.249. The lowest BCUT2D eigenvalue weighted by Gasteiger charge is -2.30. The molecular formula is C11H26N2O. The molecule has 3 heteroatoms. The zero-order valence-electron chi connectivity index (χ0n) is 10.2. The number of aliphatic hydroxyl groups is 1. The van der Waals surface area contributed by atoms with Gasteiger partial charge in [0.15, 0.2) is 0 Å². The van der Waals surface area contributed by atoms with Gasteiger partial charge in [0.1, 0.15) is 0 Å². The number of rotatable bonds is 7. The molecule has 2 N–H and O–H groups in total. The monoisotopic (exact) mass is 202 g/mol. The number of nitrogens with zero attached hydrogens (tertiary/aromatic N) is 1. The van der Waals surface area contributed by atoms with Gasteiger partial charge in [-0.25, -0.2) is 0 Å². The molecule has 0 amide bonds. The van der Waals surface area contributed by atoms with Crippen molar-refractivity contribution in [3.63, 3.8) is 0 Å². The second-order valence-corrected chi connectivity index (χ2v) is 4.48. The molecule has 0 aromatic carbocycles. The highest BCUT2D eigenvalue weighted by molar-refractivity contribution is 4.68. The summed E-state index contributed by atoms with van der Waals surface area (Å²) in [7, 11) is 0. The molecule has 0 heterocycles. The lowest BCUT2D eigenvalue weighted by Crippen LogP contribution is -2.42. The van der Waals surface area contributed by atoms with Crippen molar-refractivity contribution in [1.29, 1.82) is 0 Å². The average Bonchev–Trinajstić information content (AvgIpc) is 2.01. The summed E-state index contributed by atoms with van der Waals surface area (Å²) in [5, 5.41) is 12.3. The van der Waals surface area contributed by atoms with Gasteiger partial charge < -0.3 is 10.4 Å². The standard InChI is InChI=1S/C11H26N2O/c1-9(2)13(10(3)4)7-6-12-8-11(5)14/h9-12,14H,6-8H2,1-5H3/t11-/m1/s1. The molecule has 1 atom stereocenters. The fourth-order valence-corrected chi connectivity index (χ4v) is 1.63. The number of nitrogens with one attached hydrogen (secondary N) is 1. The maximum Gasteiger partial charge on any atom is 0.0636 e. The SMILES string of the molecule is CC(C)N(CCNC[C@@H](C)O)C(C)C. The molecular weight excluding hydrogens is 176 g/mol. The fourth-order valence-electron chi connectivity index (χ4n) is 1.63. The van der Waals surface area contributed by atoms with Crippen molar-refractivity contribution in [3.05, 3.63) is 0 Å². The van der Waals surface area contributed by atoms with Crippen molar-refractivity contribution in [1.82, 2.24) is 10.2 Å². The Morgan fingerprint density at radius 1 is 1.07 bits per heavy atom. The number of aliphatic hydroxyl groups excluding tert-OH is 1. The first-order chi connectivity index (χ1) is 6.45. The first kappa shape index (κ1) is 13.9. The predicted octanol–water partition coefficient (Wildman–Crippen LogP) is 1.08. The topological polar surface area (TPSA) is 35.5 Å². The van der Waals surface area contributed by atoms with Crippen LogP contribution in [0.4, 0.5) is 0 Å². The van der Waals surface area contributed by atoms with Crippen LogP contribution in [0.5, 0.6) is 0 Å². The minimum Gasteiger partial charge on any atom is -0.392 e. The smallest absolute Gasteiger partial charge is 0.0636 e. The lowest BCUT2D eigenvalue weighted by molar-refractivity contribution is 0.164. The summed E-state index contributed by atoms with van der Waals surface area (Å²) in [6, 6.07) is 1.17. The summed E-state index contributed by atoms with van der Waals surface area (Å²) < 4.78 is 0. The Balaban J connectivity index is 3.62. The van der Waals surface area contributed by atoms with E-state index in [2.05, 4.69) is 37.9 Å². The Morgan fingerprint density at radius 3 is 1.93 bits per heavy atom. The maximum absolute atomic E-state index is 9.06. The van der Waals surface area contributed by atoms with Gasteiger partial charge in [0.05, 0.1) is 6.10 Å². The van der Waals surface area contributed by atoms with Gasteiger partial charge in [0, 0.05) is 31.7 Å². The van der Waals surface area contributed by atoms with Gasteiger partial charge in [-0.3, -0.25) is 4.90 Å². The summed E-state index contributed by atoms with van der Waals surface area (Å²) in [6.45, 7) is 13.3. The Morgan fingerprint density at radius 2 is 1.57 bits per heavy atom. The first-order valence-electron chi connectivity index (χ1n) is 5.59. The average molecular weight is 202 g/mol. The van der Waals surface area contributed by atoms with Crippen LogP contribution >= 0.6 is 0 Å². The van der Waals surface area contributed by atoms with Gasteiger partial charge in [-0.2, -0.15) is 0 Å². The van der Waals surface area contributed by atoms with E-state index in [-0.39, 0.29) is 6.10 Å². The Kier molecular flexibility index (Phi) is 7.15. The van der Waals surface area contributed by atoms with Crippen molar-refractivity contribution in [2.75, 3.05) is 19.6 Å². The van der Waals surface area contributed by atoms with Crippen LogP contribution in [0.15, 0.2) is 0 Å². The van der Waals surface area contributed by atoms with Crippen LogP contribution in [0.2, 0.25) is 0 Å².